The summed E-state index contributed by atoms with van der Waals surface area (Å²) in [5.41, 5.74) is 2.06. The van der Waals surface area contributed by atoms with Crippen molar-refractivity contribution in [2.45, 2.75) is 19.9 Å². The molecular weight excluding hydrogens is 307 g/mol. The first-order valence-corrected chi connectivity index (χ1v) is 7.65. The van der Waals surface area contributed by atoms with Crippen LogP contribution in [0.15, 0.2) is 59.1 Å². The maximum Gasteiger partial charge on any atom is 0.257 e. The van der Waals surface area contributed by atoms with Crippen LogP contribution >= 0.6 is 0 Å². The van der Waals surface area contributed by atoms with Crippen molar-refractivity contribution in [3.05, 3.63) is 77.2 Å². The van der Waals surface area contributed by atoms with Crippen molar-refractivity contribution in [3.8, 4) is 11.3 Å². The Hall–Kier alpha value is -2.95. The molecule has 0 fully saturated rings. The van der Waals surface area contributed by atoms with Crippen LogP contribution in [-0.4, -0.2) is 11.1 Å². The topological polar surface area (TPSA) is 55.1 Å². The quantitative estimate of drug-likeness (QED) is 0.779. The Kier molecular flexibility index (Phi) is 4.42. The second-order valence-corrected chi connectivity index (χ2v) is 5.55. The molecule has 0 aliphatic heterocycles. The van der Waals surface area contributed by atoms with Crippen molar-refractivity contribution in [1.82, 2.24) is 10.5 Å². The molecule has 1 N–H and O–H groups in total. The third-order valence-electron chi connectivity index (χ3n) is 3.85. The summed E-state index contributed by atoms with van der Waals surface area (Å²) in [6.07, 6.45) is 0. The van der Waals surface area contributed by atoms with E-state index in [9.17, 15) is 9.18 Å². The van der Waals surface area contributed by atoms with E-state index in [-0.39, 0.29) is 11.7 Å². The molecule has 0 bridgehead atoms. The lowest BCUT2D eigenvalue weighted by Crippen LogP contribution is -2.27. The van der Waals surface area contributed by atoms with Crippen molar-refractivity contribution in [2.75, 3.05) is 0 Å². The summed E-state index contributed by atoms with van der Waals surface area (Å²) in [4.78, 5) is 12.7. The number of carbonyl (C=O) groups excluding carboxylic acids is 1. The third-order valence-corrected chi connectivity index (χ3v) is 3.85. The summed E-state index contributed by atoms with van der Waals surface area (Å²) in [6.45, 7) is 3.44. The number of hydrogen-bond acceptors (Lipinski definition) is 3. The van der Waals surface area contributed by atoms with Crippen molar-refractivity contribution < 1.29 is 13.7 Å². The highest BCUT2D eigenvalue weighted by Gasteiger charge is 2.23. The first-order valence-electron chi connectivity index (χ1n) is 7.65. The van der Waals surface area contributed by atoms with E-state index >= 15 is 0 Å². The monoisotopic (exact) mass is 324 g/mol. The predicted molar refractivity (Wildman–Crippen MR) is 89.0 cm³/mol. The molecule has 0 unspecified atom stereocenters. The maximum atomic E-state index is 13.9. The molecule has 3 aromatic rings. The number of amides is 1. The van der Waals surface area contributed by atoms with Gasteiger partial charge in [-0.05, 0) is 19.9 Å². The molecule has 0 saturated heterocycles. The first-order chi connectivity index (χ1) is 11.6. The molecule has 5 heteroatoms. The van der Waals surface area contributed by atoms with Gasteiger partial charge in [-0.2, -0.15) is 0 Å². The van der Waals surface area contributed by atoms with Crippen LogP contribution < -0.4 is 5.32 Å². The van der Waals surface area contributed by atoms with Crippen LogP contribution in [0.25, 0.3) is 11.3 Å². The molecule has 0 spiro atoms. The van der Waals surface area contributed by atoms with Gasteiger partial charge in [0.2, 0.25) is 0 Å². The number of nitrogens with zero attached hydrogens (tertiary/aromatic N) is 1. The Morgan fingerprint density at radius 1 is 1.12 bits per heavy atom. The van der Waals surface area contributed by atoms with Gasteiger partial charge in [-0.3, -0.25) is 4.79 Å². The first kappa shape index (κ1) is 15.9. The zero-order valence-corrected chi connectivity index (χ0v) is 13.4. The van der Waals surface area contributed by atoms with E-state index in [0.717, 1.165) is 5.56 Å². The molecule has 122 valence electrons. The lowest BCUT2D eigenvalue weighted by molar-refractivity contribution is 0.0939. The van der Waals surface area contributed by atoms with Gasteiger partial charge in [0, 0.05) is 11.1 Å². The Bertz CT molecular complexity index is 859. The summed E-state index contributed by atoms with van der Waals surface area (Å²) in [7, 11) is 0. The fourth-order valence-corrected chi connectivity index (χ4v) is 2.60. The molecule has 1 atom stereocenters. The summed E-state index contributed by atoms with van der Waals surface area (Å²) in [5.74, 6) is -0.287. The van der Waals surface area contributed by atoms with Crippen molar-refractivity contribution in [2.24, 2.45) is 0 Å². The minimum atomic E-state index is -0.475. The second kappa shape index (κ2) is 6.66. The number of aromatic nitrogens is 1. The Morgan fingerprint density at radius 3 is 2.50 bits per heavy atom. The van der Waals surface area contributed by atoms with Gasteiger partial charge in [0.15, 0.2) is 5.76 Å². The van der Waals surface area contributed by atoms with E-state index in [4.69, 9.17) is 4.52 Å². The van der Waals surface area contributed by atoms with E-state index in [1.165, 1.54) is 6.07 Å². The molecule has 1 aromatic heterocycles. The highest BCUT2D eigenvalue weighted by molar-refractivity contribution is 6.00. The molecule has 0 saturated carbocycles. The number of rotatable bonds is 4. The van der Waals surface area contributed by atoms with Crippen molar-refractivity contribution in [1.29, 1.82) is 0 Å². The van der Waals surface area contributed by atoms with Gasteiger partial charge in [0.05, 0.1) is 11.7 Å². The van der Waals surface area contributed by atoms with Crippen molar-refractivity contribution >= 4 is 5.91 Å². The van der Waals surface area contributed by atoms with Crippen LogP contribution in [0.5, 0.6) is 0 Å². The van der Waals surface area contributed by atoms with Gasteiger partial charge in [-0.1, -0.05) is 53.7 Å². The summed E-state index contributed by atoms with van der Waals surface area (Å²) in [6, 6.07) is 15.2. The fraction of sp³-hybridized carbons (Fsp3) is 0.158. The standard InChI is InChI=1S/C19H17FN2O2/c1-12(15-10-6-7-11-16(15)20)21-19(23)17-13(2)22-24-18(17)14-8-4-3-5-9-14/h3-12H,1-2H3,(H,21,23)/t12-/m0/s1. The van der Waals surface area contributed by atoms with Gasteiger partial charge < -0.3 is 9.84 Å². The van der Waals surface area contributed by atoms with Gasteiger partial charge in [0.25, 0.3) is 5.91 Å². The second-order valence-electron chi connectivity index (χ2n) is 5.55. The minimum absolute atomic E-state index is 0.344. The molecule has 0 aliphatic carbocycles. The fourth-order valence-electron chi connectivity index (χ4n) is 2.60. The SMILES string of the molecule is Cc1noc(-c2ccccc2)c1C(=O)N[C@@H](C)c1ccccc1F. The van der Waals surface area contributed by atoms with Crippen LogP contribution in [0.1, 0.15) is 34.6 Å². The molecule has 4 nitrogen and oxygen atoms in total. The highest BCUT2D eigenvalue weighted by atomic mass is 19.1. The minimum Gasteiger partial charge on any atom is -0.355 e. The van der Waals surface area contributed by atoms with Crippen LogP contribution in [-0.2, 0) is 0 Å². The van der Waals surface area contributed by atoms with Gasteiger partial charge in [-0.15, -0.1) is 0 Å². The average molecular weight is 324 g/mol. The smallest absolute Gasteiger partial charge is 0.257 e. The van der Waals surface area contributed by atoms with E-state index in [0.29, 0.717) is 22.6 Å². The van der Waals surface area contributed by atoms with E-state index < -0.39 is 6.04 Å². The number of halogens is 1. The number of hydrogen-bond donors (Lipinski definition) is 1. The molecule has 1 amide bonds. The zero-order chi connectivity index (χ0) is 17.1. The van der Waals surface area contributed by atoms with Gasteiger partial charge in [-0.25, -0.2) is 4.39 Å². The van der Waals surface area contributed by atoms with Gasteiger partial charge in [0.1, 0.15) is 11.4 Å². The Labute approximate surface area is 139 Å². The molecule has 3 rings (SSSR count). The number of carbonyl (C=O) groups is 1. The average Bonchev–Trinajstić information content (AvgIpc) is 2.97. The Morgan fingerprint density at radius 2 is 1.79 bits per heavy atom. The Balaban J connectivity index is 1.89. The van der Waals surface area contributed by atoms with Crippen LogP contribution in [0.2, 0.25) is 0 Å². The predicted octanol–water partition coefficient (Wildman–Crippen LogP) is 4.28. The number of nitrogens with one attached hydrogen (secondary N) is 1. The molecule has 2 aromatic carbocycles. The third kappa shape index (κ3) is 3.06. The summed E-state index contributed by atoms with van der Waals surface area (Å²) in [5, 5.41) is 6.71. The summed E-state index contributed by atoms with van der Waals surface area (Å²) < 4.78 is 19.2. The molecule has 0 aliphatic rings. The molecule has 0 radical (unpaired) electrons. The molecular formula is C19H17FN2O2. The van der Waals surface area contributed by atoms with Crippen molar-refractivity contribution in [3.63, 3.8) is 0 Å². The molecule has 1 heterocycles. The number of aryl methyl sites for hydroxylation is 1. The van der Waals surface area contributed by atoms with Gasteiger partial charge >= 0.3 is 0 Å². The highest BCUT2D eigenvalue weighted by Crippen LogP contribution is 2.27. The van der Waals surface area contributed by atoms with E-state index in [1.54, 1.807) is 32.0 Å². The maximum absolute atomic E-state index is 13.9. The van der Waals surface area contributed by atoms with E-state index in [2.05, 4.69) is 10.5 Å². The zero-order valence-electron chi connectivity index (χ0n) is 13.4. The lowest BCUT2D eigenvalue weighted by atomic mass is 10.0. The normalized spacial score (nSPS) is 12.0. The summed E-state index contributed by atoms with van der Waals surface area (Å²) >= 11 is 0. The van der Waals surface area contributed by atoms with E-state index in [1.807, 2.05) is 30.3 Å². The number of benzene rings is 2. The largest absolute Gasteiger partial charge is 0.355 e. The van der Waals surface area contributed by atoms with Crippen LogP contribution in [0, 0.1) is 12.7 Å². The molecule has 24 heavy (non-hydrogen) atoms. The lowest BCUT2D eigenvalue weighted by Gasteiger charge is -2.15. The van der Waals surface area contributed by atoms with Crippen LogP contribution in [0.4, 0.5) is 4.39 Å². The van der Waals surface area contributed by atoms with Crippen LogP contribution in [0.3, 0.4) is 0 Å².